The van der Waals surface area contributed by atoms with Gasteiger partial charge in [0.15, 0.2) is 11.5 Å². The lowest BCUT2D eigenvalue weighted by Gasteiger charge is -2.25. The van der Waals surface area contributed by atoms with Crippen LogP contribution in [0, 0.1) is 0 Å². The molecular weight excluding hydrogens is 576 g/mol. The second kappa shape index (κ2) is 17.3. The Bertz CT molecular complexity index is 999. The van der Waals surface area contributed by atoms with Gasteiger partial charge in [0.2, 0.25) is 6.29 Å². The number of rotatable bonds is 15. The molecule has 2 atom stereocenters. The number of carbonyl (C=O) groups is 3. The van der Waals surface area contributed by atoms with Crippen LogP contribution in [-0.4, -0.2) is 78.4 Å². The molecule has 2 unspecified atom stereocenters. The number of ether oxygens (including phenoxy) is 5. The summed E-state index contributed by atoms with van der Waals surface area (Å²) >= 11 is 0. The molecule has 232 valence electrons. The zero-order valence-corrected chi connectivity index (χ0v) is 26.2. The largest absolute Gasteiger partial charge is 0.504 e. The lowest BCUT2D eigenvalue weighted by atomic mass is 10.1. The molecule has 1 aliphatic heterocycles. The summed E-state index contributed by atoms with van der Waals surface area (Å²) in [6.07, 6.45) is 1.43. The van der Waals surface area contributed by atoms with E-state index in [1.807, 2.05) is 21.6 Å². The van der Waals surface area contributed by atoms with Crippen molar-refractivity contribution in [1.29, 1.82) is 0 Å². The molecule has 0 radical (unpaired) electrons. The third kappa shape index (κ3) is 13.2. The topological polar surface area (TPSA) is 142 Å². The van der Waals surface area contributed by atoms with E-state index in [0.717, 1.165) is 12.8 Å². The SMILES string of the molecule is COc1cc(OC)c(CN(CCONC(=O)OC(C)(C)C)C(=O)OC(C)OC(=O)CCCCC2CCSS2)cc1O. The zero-order chi connectivity index (χ0) is 30.4. The zero-order valence-electron chi connectivity index (χ0n) is 24.6. The van der Waals surface area contributed by atoms with Crippen LogP contribution in [-0.2, 0) is 30.4 Å². The van der Waals surface area contributed by atoms with Gasteiger partial charge in [0.05, 0.1) is 33.9 Å². The Hall–Kier alpha value is -2.71. The number of hydrogen-bond acceptors (Lipinski definition) is 12. The Morgan fingerprint density at radius 3 is 2.49 bits per heavy atom. The molecule has 2 rings (SSSR count). The number of methoxy groups -OCH3 is 2. The molecule has 1 aliphatic rings. The number of carbonyl (C=O) groups excluding carboxylic acids is 3. The number of esters is 1. The summed E-state index contributed by atoms with van der Waals surface area (Å²) < 4.78 is 26.3. The van der Waals surface area contributed by atoms with Crippen LogP contribution in [0.5, 0.6) is 17.2 Å². The summed E-state index contributed by atoms with van der Waals surface area (Å²) in [6.45, 7) is 6.38. The first-order valence-corrected chi connectivity index (χ1v) is 15.8. The van der Waals surface area contributed by atoms with Crippen LogP contribution >= 0.6 is 21.6 Å². The quantitative estimate of drug-likeness (QED) is 0.0853. The standard InChI is InChI=1S/C27H42N2O10S2/c1-18(37-24(31)10-8-7-9-20-11-14-40-41-20)38-26(33)29(12-13-36-28-25(32)39-27(2,3)4)17-19-15-21(30)23(35-6)16-22(19)34-5/h15-16,18,20,30H,7-14,17H2,1-6H3,(H,28,32). The van der Waals surface area contributed by atoms with Gasteiger partial charge in [-0.2, -0.15) is 5.48 Å². The Labute approximate surface area is 249 Å². The fourth-order valence-corrected chi connectivity index (χ4v) is 6.79. The smallest absolute Gasteiger partial charge is 0.431 e. The lowest BCUT2D eigenvalue weighted by molar-refractivity contribution is -0.166. The minimum atomic E-state index is -1.13. The predicted molar refractivity (Wildman–Crippen MR) is 156 cm³/mol. The first-order valence-electron chi connectivity index (χ1n) is 13.4. The number of nitrogens with one attached hydrogen (secondary N) is 1. The second-order valence-corrected chi connectivity index (χ2v) is 13.0. The highest BCUT2D eigenvalue weighted by Gasteiger charge is 2.24. The molecule has 1 fully saturated rings. The minimum Gasteiger partial charge on any atom is -0.504 e. The van der Waals surface area contributed by atoms with Crippen molar-refractivity contribution in [3.05, 3.63) is 17.7 Å². The molecule has 1 aromatic carbocycles. The molecule has 41 heavy (non-hydrogen) atoms. The number of amides is 2. The average Bonchev–Trinajstić information content (AvgIpc) is 3.41. The van der Waals surface area contributed by atoms with Gasteiger partial charge in [0, 0.05) is 36.0 Å². The molecule has 0 bridgehead atoms. The molecule has 0 aliphatic carbocycles. The molecular formula is C27H42N2O10S2. The van der Waals surface area contributed by atoms with Gasteiger partial charge in [-0.1, -0.05) is 28.0 Å². The van der Waals surface area contributed by atoms with Crippen molar-refractivity contribution < 1.29 is 48.0 Å². The number of aromatic hydroxyl groups is 1. The van der Waals surface area contributed by atoms with Crippen LogP contribution in [0.15, 0.2) is 12.1 Å². The van der Waals surface area contributed by atoms with Crippen molar-refractivity contribution in [3.63, 3.8) is 0 Å². The number of phenols is 1. The molecule has 0 saturated carbocycles. The highest BCUT2D eigenvalue weighted by molar-refractivity contribution is 8.77. The summed E-state index contributed by atoms with van der Waals surface area (Å²) in [7, 11) is 6.65. The van der Waals surface area contributed by atoms with Crippen molar-refractivity contribution in [2.45, 2.75) is 83.5 Å². The molecule has 2 amide bonds. The number of phenolic OH excluding ortho intramolecular Hbond substituents is 1. The maximum atomic E-state index is 13.1. The third-order valence-corrected chi connectivity index (χ3v) is 8.67. The molecule has 12 nitrogen and oxygen atoms in total. The van der Waals surface area contributed by atoms with E-state index in [1.54, 1.807) is 20.8 Å². The Balaban J connectivity index is 1.96. The normalized spacial score (nSPS) is 15.5. The van der Waals surface area contributed by atoms with E-state index in [4.69, 9.17) is 28.5 Å². The minimum absolute atomic E-state index is 0.0390. The van der Waals surface area contributed by atoms with Crippen molar-refractivity contribution in [2.75, 3.05) is 33.1 Å². The third-order valence-electron chi connectivity index (χ3n) is 5.67. The number of hydrogen-bond donors (Lipinski definition) is 2. The second-order valence-electron chi connectivity index (χ2n) is 10.2. The summed E-state index contributed by atoms with van der Waals surface area (Å²) in [5, 5.41) is 10.9. The number of nitrogens with zero attached hydrogens (tertiary/aromatic N) is 1. The van der Waals surface area contributed by atoms with Crippen LogP contribution in [0.3, 0.4) is 0 Å². The van der Waals surface area contributed by atoms with Gasteiger partial charge in [-0.25, -0.2) is 9.59 Å². The van der Waals surface area contributed by atoms with Gasteiger partial charge in [-0.3, -0.25) is 9.63 Å². The van der Waals surface area contributed by atoms with Crippen molar-refractivity contribution in [2.24, 2.45) is 0 Å². The lowest BCUT2D eigenvalue weighted by Crippen LogP contribution is -2.39. The van der Waals surface area contributed by atoms with Gasteiger partial charge in [-0.15, -0.1) is 0 Å². The Morgan fingerprint density at radius 2 is 1.85 bits per heavy atom. The van der Waals surface area contributed by atoms with Gasteiger partial charge in [0.1, 0.15) is 11.4 Å². The highest BCUT2D eigenvalue weighted by Crippen LogP contribution is 2.40. The molecule has 2 N–H and O–H groups in total. The first kappa shape index (κ1) is 34.5. The van der Waals surface area contributed by atoms with Gasteiger partial charge < -0.3 is 33.7 Å². The first-order chi connectivity index (χ1) is 19.4. The summed E-state index contributed by atoms with van der Waals surface area (Å²) in [5.41, 5.74) is 1.90. The molecule has 1 heterocycles. The summed E-state index contributed by atoms with van der Waals surface area (Å²) in [6, 6.07) is 2.90. The monoisotopic (exact) mass is 618 g/mol. The van der Waals surface area contributed by atoms with Crippen LogP contribution in [0.1, 0.15) is 65.4 Å². The Morgan fingerprint density at radius 1 is 1.12 bits per heavy atom. The van der Waals surface area contributed by atoms with E-state index in [0.29, 0.717) is 23.0 Å². The highest BCUT2D eigenvalue weighted by atomic mass is 33.1. The van der Waals surface area contributed by atoms with Crippen LogP contribution in [0.25, 0.3) is 0 Å². The predicted octanol–water partition coefficient (Wildman–Crippen LogP) is 5.41. The van der Waals surface area contributed by atoms with Gasteiger partial charge >= 0.3 is 18.2 Å². The fraction of sp³-hybridized carbons (Fsp3) is 0.667. The molecule has 1 aromatic rings. The summed E-state index contributed by atoms with van der Waals surface area (Å²) in [5.74, 6) is 1.14. The number of unbranched alkanes of at least 4 members (excludes halogenated alkanes) is 1. The average molecular weight is 619 g/mol. The molecule has 14 heteroatoms. The van der Waals surface area contributed by atoms with E-state index in [-0.39, 0.29) is 37.6 Å². The van der Waals surface area contributed by atoms with Crippen molar-refractivity contribution >= 4 is 39.7 Å². The maximum Gasteiger partial charge on any atom is 0.431 e. The van der Waals surface area contributed by atoms with Crippen molar-refractivity contribution in [3.8, 4) is 17.2 Å². The fourth-order valence-electron chi connectivity index (χ4n) is 3.77. The van der Waals surface area contributed by atoms with E-state index < -0.39 is 30.0 Å². The number of hydroxylamine groups is 1. The molecule has 0 spiro atoms. The number of benzene rings is 1. The van der Waals surface area contributed by atoms with E-state index >= 15 is 0 Å². The van der Waals surface area contributed by atoms with Gasteiger partial charge in [-0.05, 0) is 46.1 Å². The van der Waals surface area contributed by atoms with E-state index in [2.05, 4.69) is 5.48 Å². The van der Waals surface area contributed by atoms with Crippen LogP contribution < -0.4 is 15.0 Å². The van der Waals surface area contributed by atoms with Crippen LogP contribution in [0.2, 0.25) is 0 Å². The van der Waals surface area contributed by atoms with Crippen LogP contribution in [0.4, 0.5) is 9.59 Å². The van der Waals surface area contributed by atoms with E-state index in [1.165, 1.54) is 50.3 Å². The van der Waals surface area contributed by atoms with Gasteiger partial charge in [0.25, 0.3) is 0 Å². The molecule has 0 aromatic heterocycles. The van der Waals surface area contributed by atoms with Crippen molar-refractivity contribution in [1.82, 2.24) is 10.4 Å². The Kier molecular flexibility index (Phi) is 14.5. The van der Waals surface area contributed by atoms with E-state index in [9.17, 15) is 19.5 Å². The molecule has 1 saturated heterocycles. The summed E-state index contributed by atoms with van der Waals surface area (Å²) in [4.78, 5) is 43.6. The maximum absolute atomic E-state index is 13.1.